The van der Waals surface area contributed by atoms with Crippen molar-refractivity contribution in [1.29, 1.82) is 0 Å². The standard InChI is InChI=1S/C21H26F3N3O2/c1-14(2)13-28-19-18(21(22,23)24)12-25-20(27-19)26-15-8-10-17(11-9-15)29-16-6-4-3-5-7-16/h8-12,14,16H,3-7,13H2,1-2H3,(H,25,26,27). The molecule has 0 aliphatic heterocycles. The number of nitrogens with zero attached hydrogens (tertiary/aromatic N) is 2. The van der Waals surface area contributed by atoms with Crippen molar-refractivity contribution in [1.82, 2.24) is 9.97 Å². The molecule has 5 nitrogen and oxygen atoms in total. The van der Waals surface area contributed by atoms with Crippen molar-refractivity contribution < 1.29 is 22.6 Å². The van der Waals surface area contributed by atoms with Crippen LogP contribution in [0.15, 0.2) is 30.5 Å². The molecule has 1 N–H and O–H groups in total. The second-order valence-corrected chi connectivity index (χ2v) is 7.64. The van der Waals surface area contributed by atoms with Crippen LogP contribution in [0.3, 0.4) is 0 Å². The van der Waals surface area contributed by atoms with E-state index in [1.54, 1.807) is 12.1 Å². The summed E-state index contributed by atoms with van der Waals surface area (Å²) in [5, 5.41) is 2.92. The lowest BCUT2D eigenvalue weighted by Crippen LogP contribution is -2.19. The largest absolute Gasteiger partial charge is 0.490 e. The number of rotatable bonds is 7. The summed E-state index contributed by atoms with van der Waals surface area (Å²) in [5.41, 5.74) is -0.338. The SMILES string of the molecule is CC(C)COc1nc(Nc2ccc(OC3CCCCC3)cc2)ncc1C(F)(F)F. The van der Waals surface area contributed by atoms with Gasteiger partial charge < -0.3 is 14.8 Å². The van der Waals surface area contributed by atoms with E-state index in [4.69, 9.17) is 9.47 Å². The molecule has 3 rings (SSSR count). The Bertz CT molecular complexity index is 789. The molecule has 1 fully saturated rings. The number of nitrogens with one attached hydrogen (secondary N) is 1. The van der Waals surface area contributed by atoms with Crippen molar-refractivity contribution in [3.8, 4) is 11.6 Å². The van der Waals surface area contributed by atoms with Crippen LogP contribution in [-0.2, 0) is 6.18 Å². The minimum absolute atomic E-state index is 0.0395. The number of aromatic nitrogens is 2. The molecule has 0 amide bonds. The lowest BCUT2D eigenvalue weighted by molar-refractivity contribution is -0.139. The molecule has 2 aromatic rings. The Labute approximate surface area is 168 Å². The molecule has 0 spiro atoms. The fraction of sp³-hybridized carbons (Fsp3) is 0.524. The highest BCUT2D eigenvalue weighted by molar-refractivity contribution is 5.55. The Kier molecular flexibility index (Phi) is 6.82. The summed E-state index contributed by atoms with van der Waals surface area (Å²) in [4.78, 5) is 7.72. The summed E-state index contributed by atoms with van der Waals surface area (Å²) in [5.74, 6) is 0.412. The van der Waals surface area contributed by atoms with Crippen LogP contribution in [0.25, 0.3) is 0 Å². The van der Waals surface area contributed by atoms with Crippen LogP contribution in [0.2, 0.25) is 0 Å². The van der Waals surface area contributed by atoms with Gasteiger partial charge in [-0.25, -0.2) is 4.98 Å². The van der Waals surface area contributed by atoms with Gasteiger partial charge in [0, 0.05) is 11.9 Å². The van der Waals surface area contributed by atoms with E-state index in [0.29, 0.717) is 5.69 Å². The van der Waals surface area contributed by atoms with Crippen molar-refractivity contribution >= 4 is 11.6 Å². The minimum Gasteiger partial charge on any atom is -0.490 e. The molecule has 0 radical (unpaired) electrons. The first-order valence-corrected chi connectivity index (χ1v) is 9.92. The van der Waals surface area contributed by atoms with Gasteiger partial charge in [0.1, 0.15) is 11.3 Å². The van der Waals surface area contributed by atoms with E-state index >= 15 is 0 Å². The van der Waals surface area contributed by atoms with E-state index in [-0.39, 0.29) is 24.6 Å². The van der Waals surface area contributed by atoms with Crippen LogP contribution in [0.4, 0.5) is 24.8 Å². The Hall–Kier alpha value is -2.51. The first-order valence-electron chi connectivity index (χ1n) is 9.92. The van der Waals surface area contributed by atoms with Gasteiger partial charge in [0.25, 0.3) is 0 Å². The van der Waals surface area contributed by atoms with E-state index in [1.165, 1.54) is 19.3 Å². The van der Waals surface area contributed by atoms with Crippen LogP contribution >= 0.6 is 0 Å². The van der Waals surface area contributed by atoms with Gasteiger partial charge in [-0.1, -0.05) is 20.3 Å². The zero-order chi connectivity index (χ0) is 20.9. The van der Waals surface area contributed by atoms with Gasteiger partial charge in [0.05, 0.1) is 12.7 Å². The van der Waals surface area contributed by atoms with Crippen molar-refractivity contribution in [2.45, 2.75) is 58.2 Å². The van der Waals surface area contributed by atoms with Crippen molar-refractivity contribution in [2.75, 3.05) is 11.9 Å². The number of hydrogen-bond donors (Lipinski definition) is 1. The third kappa shape index (κ3) is 6.24. The maximum atomic E-state index is 13.2. The number of anilines is 2. The van der Waals surface area contributed by atoms with Gasteiger partial charge in [-0.05, 0) is 55.9 Å². The molecule has 8 heteroatoms. The van der Waals surface area contributed by atoms with Crippen LogP contribution in [0.1, 0.15) is 51.5 Å². The second kappa shape index (κ2) is 9.33. The summed E-state index contributed by atoms with van der Waals surface area (Å²) < 4.78 is 50.8. The average molecular weight is 409 g/mol. The van der Waals surface area contributed by atoms with Crippen LogP contribution in [0.5, 0.6) is 11.6 Å². The molecule has 0 atom stereocenters. The predicted octanol–water partition coefficient (Wildman–Crippen LogP) is 5.99. The van der Waals surface area contributed by atoms with Gasteiger partial charge in [-0.15, -0.1) is 0 Å². The monoisotopic (exact) mass is 409 g/mol. The molecule has 0 bridgehead atoms. The normalized spacial score (nSPS) is 15.4. The van der Waals surface area contributed by atoms with E-state index in [9.17, 15) is 13.2 Å². The van der Waals surface area contributed by atoms with Gasteiger partial charge in [0.15, 0.2) is 0 Å². The highest BCUT2D eigenvalue weighted by Gasteiger charge is 2.36. The van der Waals surface area contributed by atoms with Gasteiger partial charge >= 0.3 is 6.18 Å². The maximum absolute atomic E-state index is 13.2. The molecule has 1 heterocycles. The average Bonchev–Trinajstić information content (AvgIpc) is 2.68. The first-order chi connectivity index (χ1) is 13.8. The van der Waals surface area contributed by atoms with Crippen molar-refractivity contribution in [3.05, 3.63) is 36.0 Å². The summed E-state index contributed by atoms with van der Waals surface area (Å²) in [6.07, 6.45) is 2.19. The number of alkyl halides is 3. The molecular weight excluding hydrogens is 383 g/mol. The minimum atomic E-state index is -4.58. The third-order valence-electron chi connectivity index (χ3n) is 4.58. The molecule has 1 aliphatic rings. The second-order valence-electron chi connectivity index (χ2n) is 7.64. The zero-order valence-electron chi connectivity index (χ0n) is 16.6. The van der Waals surface area contributed by atoms with E-state index in [2.05, 4.69) is 15.3 Å². The molecule has 1 aliphatic carbocycles. The fourth-order valence-electron chi connectivity index (χ4n) is 3.10. The Balaban J connectivity index is 1.69. The third-order valence-corrected chi connectivity index (χ3v) is 4.58. The van der Waals surface area contributed by atoms with Crippen LogP contribution in [0, 0.1) is 5.92 Å². The molecule has 1 saturated carbocycles. The summed E-state index contributed by atoms with van der Waals surface area (Å²) in [6, 6.07) is 7.23. The van der Waals surface area contributed by atoms with E-state index in [0.717, 1.165) is 24.8 Å². The Morgan fingerprint density at radius 1 is 1.10 bits per heavy atom. The van der Waals surface area contributed by atoms with E-state index in [1.807, 2.05) is 26.0 Å². The lowest BCUT2D eigenvalue weighted by atomic mass is 9.98. The summed E-state index contributed by atoms with van der Waals surface area (Å²) >= 11 is 0. The number of halogens is 3. The summed E-state index contributed by atoms with van der Waals surface area (Å²) in [7, 11) is 0. The molecule has 0 unspecified atom stereocenters. The quantitative estimate of drug-likeness (QED) is 0.609. The van der Waals surface area contributed by atoms with Gasteiger partial charge in [-0.2, -0.15) is 18.2 Å². The van der Waals surface area contributed by atoms with Gasteiger partial charge in [0.2, 0.25) is 11.8 Å². The van der Waals surface area contributed by atoms with Crippen molar-refractivity contribution in [3.63, 3.8) is 0 Å². The van der Waals surface area contributed by atoms with E-state index < -0.39 is 17.6 Å². The zero-order valence-corrected chi connectivity index (χ0v) is 16.6. The highest BCUT2D eigenvalue weighted by atomic mass is 19.4. The van der Waals surface area contributed by atoms with Crippen LogP contribution in [-0.4, -0.2) is 22.7 Å². The number of hydrogen-bond acceptors (Lipinski definition) is 5. The molecule has 0 saturated heterocycles. The fourth-order valence-corrected chi connectivity index (χ4v) is 3.10. The van der Waals surface area contributed by atoms with Crippen LogP contribution < -0.4 is 14.8 Å². The molecule has 29 heavy (non-hydrogen) atoms. The van der Waals surface area contributed by atoms with Crippen molar-refractivity contribution in [2.24, 2.45) is 5.92 Å². The first kappa shape index (κ1) is 21.2. The predicted molar refractivity (Wildman–Crippen MR) is 105 cm³/mol. The topological polar surface area (TPSA) is 56.3 Å². The van der Waals surface area contributed by atoms with Gasteiger partial charge in [-0.3, -0.25) is 0 Å². The lowest BCUT2D eigenvalue weighted by Gasteiger charge is -2.23. The Morgan fingerprint density at radius 2 is 1.79 bits per heavy atom. The summed E-state index contributed by atoms with van der Waals surface area (Å²) in [6.45, 7) is 3.84. The number of benzene rings is 1. The molecular formula is C21H26F3N3O2. The molecule has 1 aromatic heterocycles. The highest BCUT2D eigenvalue weighted by Crippen LogP contribution is 2.35. The smallest absolute Gasteiger partial charge is 0.423 e. The molecule has 1 aromatic carbocycles. The molecule has 158 valence electrons. The Morgan fingerprint density at radius 3 is 2.41 bits per heavy atom. The maximum Gasteiger partial charge on any atom is 0.423 e. The number of ether oxygens (including phenoxy) is 2.